The molecule has 2 aromatic rings. The molecule has 5 heteroatoms. The first-order chi connectivity index (χ1) is 12.3. The minimum Gasteiger partial charge on any atom is -0.369 e. The van der Waals surface area contributed by atoms with Gasteiger partial charge in [-0.15, -0.1) is 0 Å². The van der Waals surface area contributed by atoms with Crippen molar-refractivity contribution >= 4 is 0 Å². The van der Waals surface area contributed by atoms with E-state index in [0.29, 0.717) is 12.1 Å². The van der Waals surface area contributed by atoms with Crippen LogP contribution >= 0.6 is 0 Å². The minimum absolute atomic E-state index is 0.0736. The average Bonchev–Trinajstić information content (AvgIpc) is 3.24. The van der Waals surface area contributed by atoms with Crippen molar-refractivity contribution in [2.45, 2.75) is 44.0 Å². The van der Waals surface area contributed by atoms with Crippen molar-refractivity contribution in [1.82, 2.24) is 19.8 Å². The monoisotopic (exact) mass is 340 g/mol. The van der Waals surface area contributed by atoms with E-state index in [0.717, 1.165) is 31.9 Å². The maximum absolute atomic E-state index is 6.00. The van der Waals surface area contributed by atoms with Gasteiger partial charge >= 0.3 is 0 Å². The van der Waals surface area contributed by atoms with Crippen molar-refractivity contribution in [2.24, 2.45) is 7.05 Å². The smallest absolute Gasteiger partial charge is 0.139 e. The van der Waals surface area contributed by atoms with Crippen LogP contribution < -0.4 is 5.32 Å². The number of hydrogen-bond acceptors (Lipinski definition) is 4. The molecule has 1 N–H and O–H groups in total. The number of benzene rings is 1. The van der Waals surface area contributed by atoms with Gasteiger partial charge in [-0.25, -0.2) is 4.98 Å². The zero-order chi connectivity index (χ0) is 17.1. The van der Waals surface area contributed by atoms with E-state index in [4.69, 9.17) is 4.74 Å². The summed E-state index contributed by atoms with van der Waals surface area (Å²) in [6.07, 6.45) is 7.49. The summed E-state index contributed by atoms with van der Waals surface area (Å²) >= 11 is 0. The van der Waals surface area contributed by atoms with E-state index in [2.05, 4.69) is 50.1 Å². The standard InChI is InChI=1S/C20H28N4O/c1-23-12-10-21-20(23)19-18(9-13-25-19)22-17-8-5-11-24(15-17)14-16-6-3-2-4-7-16/h2-4,6-7,10,12,17-19,22H,5,8-9,11,13-15H2,1H3/t17-,18-,19-/m0/s1. The largest absolute Gasteiger partial charge is 0.369 e. The lowest BCUT2D eigenvalue weighted by Crippen LogP contribution is -2.49. The lowest BCUT2D eigenvalue weighted by molar-refractivity contribution is 0.0820. The van der Waals surface area contributed by atoms with Crippen molar-refractivity contribution in [3.8, 4) is 0 Å². The third-order valence-corrected chi connectivity index (χ3v) is 5.41. The van der Waals surface area contributed by atoms with Gasteiger partial charge in [0, 0.05) is 51.2 Å². The Bertz CT molecular complexity index is 671. The first-order valence-corrected chi connectivity index (χ1v) is 9.41. The molecule has 1 aromatic carbocycles. The number of hydrogen-bond donors (Lipinski definition) is 1. The zero-order valence-electron chi connectivity index (χ0n) is 15.0. The number of ether oxygens (including phenoxy) is 1. The molecule has 0 radical (unpaired) electrons. The molecule has 0 aliphatic carbocycles. The Hall–Kier alpha value is -1.69. The van der Waals surface area contributed by atoms with Crippen molar-refractivity contribution in [3.05, 3.63) is 54.1 Å². The second-order valence-corrected chi connectivity index (χ2v) is 7.31. The maximum atomic E-state index is 6.00. The number of likely N-dealkylation sites (tertiary alicyclic amines) is 1. The first-order valence-electron chi connectivity index (χ1n) is 9.41. The fourth-order valence-corrected chi connectivity index (χ4v) is 4.15. The summed E-state index contributed by atoms with van der Waals surface area (Å²) in [5.41, 5.74) is 1.40. The molecule has 2 aliphatic heterocycles. The van der Waals surface area contributed by atoms with Gasteiger partial charge in [0.1, 0.15) is 11.9 Å². The van der Waals surface area contributed by atoms with Gasteiger partial charge in [-0.2, -0.15) is 0 Å². The number of aromatic nitrogens is 2. The Balaban J connectivity index is 1.36. The summed E-state index contributed by atoms with van der Waals surface area (Å²) in [5, 5.41) is 3.88. The highest BCUT2D eigenvalue weighted by molar-refractivity contribution is 5.14. The van der Waals surface area contributed by atoms with Gasteiger partial charge in [0.05, 0.1) is 0 Å². The van der Waals surface area contributed by atoms with Gasteiger partial charge < -0.3 is 14.6 Å². The highest BCUT2D eigenvalue weighted by atomic mass is 16.5. The SMILES string of the molecule is Cn1ccnc1[C@H]1OCC[C@@H]1N[C@H]1CCCN(Cc2ccccc2)C1. The van der Waals surface area contributed by atoms with E-state index in [1.54, 1.807) is 0 Å². The number of nitrogens with zero attached hydrogens (tertiary/aromatic N) is 3. The first kappa shape index (κ1) is 16.8. The lowest BCUT2D eigenvalue weighted by Gasteiger charge is -2.35. The van der Waals surface area contributed by atoms with Crippen LogP contribution in [-0.4, -0.2) is 46.2 Å². The quantitative estimate of drug-likeness (QED) is 0.908. The number of piperidine rings is 1. The molecule has 25 heavy (non-hydrogen) atoms. The molecule has 1 aromatic heterocycles. The summed E-state index contributed by atoms with van der Waals surface area (Å²) in [6, 6.07) is 11.7. The van der Waals surface area contributed by atoms with Crippen molar-refractivity contribution in [1.29, 1.82) is 0 Å². The van der Waals surface area contributed by atoms with Crippen LogP contribution in [0.5, 0.6) is 0 Å². The van der Waals surface area contributed by atoms with Crippen molar-refractivity contribution < 1.29 is 4.74 Å². The fourth-order valence-electron chi connectivity index (χ4n) is 4.15. The zero-order valence-corrected chi connectivity index (χ0v) is 15.0. The molecular formula is C20H28N4O. The molecular weight excluding hydrogens is 312 g/mol. The molecule has 134 valence electrons. The second kappa shape index (κ2) is 7.68. The average molecular weight is 340 g/mol. The lowest BCUT2D eigenvalue weighted by atomic mass is 10.0. The van der Waals surface area contributed by atoms with Crippen molar-refractivity contribution in [3.63, 3.8) is 0 Å². The molecule has 2 saturated heterocycles. The summed E-state index contributed by atoms with van der Waals surface area (Å²) in [4.78, 5) is 7.07. The predicted molar refractivity (Wildman–Crippen MR) is 98.2 cm³/mol. The Morgan fingerprint density at radius 1 is 1.24 bits per heavy atom. The van der Waals surface area contributed by atoms with Crippen LogP contribution in [0.3, 0.4) is 0 Å². The number of imidazole rings is 1. The van der Waals surface area contributed by atoms with Crippen LogP contribution in [0.2, 0.25) is 0 Å². The Morgan fingerprint density at radius 2 is 2.12 bits per heavy atom. The van der Waals surface area contributed by atoms with E-state index in [1.165, 1.54) is 24.9 Å². The summed E-state index contributed by atoms with van der Waals surface area (Å²) in [5.74, 6) is 1.03. The Labute approximate surface area is 150 Å². The number of aryl methyl sites for hydroxylation is 1. The Kier molecular flexibility index (Phi) is 5.15. The number of rotatable bonds is 5. The van der Waals surface area contributed by atoms with Crippen LogP contribution in [0, 0.1) is 0 Å². The van der Waals surface area contributed by atoms with Crippen LogP contribution in [0.15, 0.2) is 42.7 Å². The molecule has 0 amide bonds. The molecule has 4 rings (SSSR count). The molecule has 0 spiro atoms. The third kappa shape index (κ3) is 3.94. The molecule has 5 nitrogen and oxygen atoms in total. The molecule has 3 heterocycles. The summed E-state index contributed by atoms with van der Waals surface area (Å²) in [7, 11) is 2.04. The van der Waals surface area contributed by atoms with Gasteiger partial charge in [-0.1, -0.05) is 30.3 Å². The molecule has 2 aliphatic rings. The summed E-state index contributed by atoms with van der Waals surface area (Å²) < 4.78 is 8.07. The summed E-state index contributed by atoms with van der Waals surface area (Å²) in [6.45, 7) is 4.16. The fraction of sp³-hybridized carbons (Fsp3) is 0.550. The van der Waals surface area contributed by atoms with E-state index in [1.807, 2.05) is 19.4 Å². The molecule has 0 saturated carbocycles. The molecule has 0 bridgehead atoms. The maximum Gasteiger partial charge on any atom is 0.139 e. The van der Waals surface area contributed by atoms with Crippen LogP contribution in [0.1, 0.15) is 36.8 Å². The molecule has 3 atom stereocenters. The van der Waals surface area contributed by atoms with Gasteiger partial charge in [0.15, 0.2) is 0 Å². The third-order valence-electron chi connectivity index (χ3n) is 5.41. The topological polar surface area (TPSA) is 42.3 Å². The van der Waals surface area contributed by atoms with Crippen molar-refractivity contribution in [2.75, 3.05) is 19.7 Å². The van der Waals surface area contributed by atoms with E-state index >= 15 is 0 Å². The van der Waals surface area contributed by atoms with Gasteiger partial charge in [-0.3, -0.25) is 4.90 Å². The molecule has 0 unspecified atom stereocenters. The van der Waals surface area contributed by atoms with Crippen LogP contribution in [-0.2, 0) is 18.3 Å². The van der Waals surface area contributed by atoms with E-state index in [9.17, 15) is 0 Å². The second-order valence-electron chi connectivity index (χ2n) is 7.31. The predicted octanol–water partition coefficient (Wildman–Crippen LogP) is 2.50. The highest BCUT2D eigenvalue weighted by Crippen LogP contribution is 2.29. The number of nitrogens with one attached hydrogen (secondary N) is 1. The van der Waals surface area contributed by atoms with Crippen LogP contribution in [0.25, 0.3) is 0 Å². The molecule has 2 fully saturated rings. The Morgan fingerprint density at radius 3 is 2.92 bits per heavy atom. The van der Waals surface area contributed by atoms with Gasteiger partial charge in [0.25, 0.3) is 0 Å². The van der Waals surface area contributed by atoms with Crippen LogP contribution in [0.4, 0.5) is 0 Å². The van der Waals surface area contributed by atoms with E-state index < -0.39 is 0 Å². The van der Waals surface area contributed by atoms with Gasteiger partial charge in [0.2, 0.25) is 0 Å². The van der Waals surface area contributed by atoms with Gasteiger partial charge in [-0.05, 0) is 31.4 Å². The van der Waals surface area contributed by atoms with E-state index in [-0.39, 0.29) is 6.10 Å². The normalized spacial score (nSPS) is 27.6. The minimum atomic E-state index is 0.0736. The highest BCUT2D eigenvalue weighted by Gasteiger charge is 2.34.